The Morgan fingerprint density at radius 2 is 1.67 bits per heavy atom. The molecule has 0 aliphatic carbocycles. The summed E-state index contributed by atoms with van der Waals surface area (Å²) in [4.78, 5) is 36.4. The van der Waals surface area contributed by atoms with Gasteiger partial charge in [0.1, 0.15) is 29.7 Å². The molecule has 0 bridgehead atoms. The molecular weight excluding hydrogens is 807 g/mol. The lowest BCUT2D eigenvalue weighted by atomic mass is 9.90. The number of halogens is 2. The van der Waals surface area contributed by atoms with Gasteiger partial charge in [-0.3, -0.25) is 19.6 Å². The number of hydrogen-bond donors (Lipinski definition) is 1. The summed E-state index contributed by atoms with van der Waals surface area (Å²) >= 11 is 12.5. The van der Waals surface area contributed by atoms with Gasteiger partial charge in [-0.2, -0.15) is 0 Å². The number of nitrogens with zero attached hydrogens (tertiary/aromatic N) is 3. The Balaban J connectivity index is 1.06. The van der Waals surface area contributed by atoms with Crippen molar-refractivity contribution in [2.24, 2.45) is 5.92 Å². The van der Waals surface area contributed by atoms with E-state index in [9.17, 15) is 9.59 Å². The number of fused-ring (bicyclic) bond motifs is 2. The lowest BCUT2D eigenvalue weighted by molar-refractivity contribution is -0.145. The van der Waals surface area contributed by atoms with Gasteiger partial charge in [0.25, 0.3) is 0 Å². The second-order valence-electron chi connectivity index (χ2n) is 16.9. The highest BCUT2D eigenvalue weighted by Crippen LogP contribution is 2.37. The fourth-order valence-electron chi connectivity index (χ4n) is 8.51. The molecule has 1 amide bonds. The van der Waals surface area contributed by atoms with Gasteiger partial charge in [-0.05, 0) is 121 Å². The van der Waals surface area contributed by atoms with E-state index in [1.165, 1.54) is 7.11 Å². The van der Waals surface area contributed by atoms with E-state index in [-0.39, 0.29) is 18.1 Å². The van der Waals surface area contributed by atoms with E-state index in [0.29, 0.717) is 48.4 Å². The van der Waals surface area contributed by atoms with Gasteiger partial charge in [-0.15, -0.1) is 0 Å². The number of methoxy groups -OCH3 is 1. The van der Waals surface area contributed by atoms with Crippen LogP contribution in [0.3, 0.4) is 0 Å². The second kappa shape index (κ2) is 19.4. The first-order valence-electron chi connectivity index (χ1n) is 21.1. The third kappa shape index (κ3) is 10.4. The number of nitrogens with one attached hydrogen (secondary N) is 1. The molecule has 4 aromatic carbocycles. The van der Waals surface area contributed by atoms with Crippen molar-refractivity contribution >= 4 is 35.1 Å². The van der Waals surface area contributed by atoms with Gasteiger partial charge in [-0.1, -0.05) is 92.5 Å². The number of pyridine rings is 1. The Morgan fingerprint density at radius 1 is 0.918 bits per heavy atom. The summed E-state index contributed by atoms with van der Waals surface area (Å²) in [5.41, 5.74) is 10.6. The number of carbonyl (C=O) groups is 2. The minimum Gasteiger partial charge on any atom is -0.486 e. The number of carbonyl (C=O) groups excluding carboxylic acids is 2. The zero-order valence-electron chi connectivity index (χ0n) is 36.1. The summed E-state index contributed by atoms with van der Waals surface area (Å²) in [6.45, 7) is 13.2. The highest BCUT2D eigenvalue weighted by Gasteiger charge is 2.36. The Hall–Kier alpha value is -4.93. The van der Waals surface area contributed by atoms with Crippen molar-refractivity contribution < 1.29 is 23.8 Å². The molecule has 3 heterocycles. The smallest absolute Gasteiger partial charge is 0.328 e. The monoisotopic (exact) mass is 862 g/mol. The van der Waals surface area contributed by atoms with Crippen LogP contribution in [0.5, 0.6) is 11.5 Å². The number of likely N-dealkylation sites (N-methyl/N-ethyl adjacent to an activating group) is 1. The normalized spacial score (nSPS) is 17.7. The summed E-state index contributed by atoms with van der Waals surface area (Å²) < 4.78 is 18.4. The molecule has 61 heavy (non-hydrogen) atoms. The number of aryl methyl sites for hydroxylation is 1. The standard InChI is InChI=1S/C50H56Cl2N4O5/c1-8-46(36-15-18-42(51)43(52)23-36)60-40-16-13-35(14-17-40)48-29-55(6)27-39-22-37-24-45(56(26-30(2)3)28-38(37)25-47(39)61-48)49(57)54-44(50(58)59-7)21-33-9-11-34(12-10-33)41-19-20-53-32(5)31(41)4/h9-20,22-23,25,30,44-46,48H,8,21,24,26-29H2,1-7H3,(H,54,57)/t44-,45-,46+,48+/m0/s1. The summed E-state index contributed by atoms with van der Waals surface area (Å²) in [7, 11) is 3.47. The molecule has 0 spiro atoms. The van der Waals surface area contributed by atoms with Crippen LogP contribution in [0, 0.1) is 19.8 Å². The van der Waals surface area contributed by atoms with E-state index in [0.717, 1.165) is 80.2 Å². The van der Waals surface area contributed by atoms with Crippen LogP contribution in [0.1, 0.15) is 84.0 Å². The van der Waals surface area contributed by atoms with Crippen molar-refractivity contribution in [3.8, 4) is 22.6 Å². The molecule has 0 saturated carbocycles. The minimum atomic E-state index is -0.835. The van der Waals surface area contributed by atoms with Gasteiger partial charge < -0.3 is 19.5 Å². The summed E-state index contributed by atoms with van der Waals surface area (Å²) in [6, 6.07) is 27.0. The van der Waals surface area contributed by atoms with Gasteiger partial charge in [0.15, 0.2) is 0 Å². The largest absolute Gasteiger partial charge is 0.486 e. The lowest BCUT2D eigenvalue weighted by Crippen LogP contribution is -2.55. The molecule has 2 aliphatic heterocycles. The highest BCUT2D eigenvalue weighted by atomic mass is 35.5. The number of aromatic nitrogens is 1. The second-order valence-corrected chi connectivity index (χ2v) is 17.7. The molecule has 0 unspecified atom stereocenters. The van der Waals surface area contributed by atoms with Crippen molar-refractivity contribution in [2.75, 3.05) is 27.2 Å². The molecule has 1 aromatic heterocycles. The number of ether oxygens (including phenoxy) is 3. The summed E-state index contributed by atoms with van der Waals surface area (Å²) in [5, 5.41) is 4.13. The van der Waals surface area contributed by atoms with Gasteiger partial charge in [-0.25, -0.2) is 4.79 Å². The van der Waals surface area contributed by atoms with Gasteiger partial charge in [0.2, 0.25) is 5.91 Å². The quantitative estimate of drug-likeness (QED) is 0.117. The average Bonchev–Trinajstić information content (AvgIpc) is 3.40. The fraction of sp³-hybridized carbons (Fsp3) is 0.380. The van der Waals surface area contributed by atoms with E-state index in [4.69, 9.17) is 37.4 Å². The highest BCUT2D eigenvalue weighted by molar-refractivity contribution is 6.42. The third-order valence-electron chi connectivity index (χ3n) is 11.9. The molecule has 1 N–H and O–H groups in total. The Morgan fingerprint density at radius 3 is 2.36 bits per heavy atom. The number of benzene rings is 4. The molecule has 7 rings (SSSR count). The van der Waals surface area contributed by atoms with E-state index in [1.54, 1.807) is 6.07 Å². The fourth-order valence-corrected chi connectivity index (χ4v) is 8.82. The maximum absolute atomic E-state index is 14.3. The average molecular weight is 864 g/mol. The molecular formula is C50H56Cl2N4O5. The summed E-state index contributed by atoms with van der Waals surface area (Å²) in [6.07, 6.45) is 3.07. The zero-order chi connectivity index (χ0) is 43.4. The lowest BCUT2D eigenvalue weighted by Gasteiger charge is -2.38. The molecule has 320 valence electrons. The number of amides is 1. The third-order valence-corrected chi connectivity index (χ3v) is 12.6. The van der Waals surface area contributed by atoms with Crippen molar-refractivity contribution in [1.82, 2.24) is 20.1 Å². The Kier molecular flexibility index (Phi) is 14.0. The molecule has 5 aromatic rings. The molecule has 0 radical (unpaired) electrons. The Bertz CT molecular complexity index is 2350. The van der Waals surface area contributed by atoms with E-state index >= 15 is 0 Å². The Labute approximate surface area is 370 Å². The first-order chi connectivity index (χ1) is 29.3. The first-order valence-corrected chi connectivity index (χ1v) is 21.9. The molecule has 0 saturated heterocycles. The topological polar surface area (TPSA) is 93.2 Å². The van der Waals surface area contributed by atoms with Crippen molar-refractivity contribution in [1.29, 1.82) is 0 Å². The van der Waals surface area contributed by atoms with E-state index in [1.807, 2.05) is 55.6 Å². The van der Waals surface area contributed by atoms with Crippen LogP contribution in [0.15, 0.2) is 91.1 Å². The first kappa shape index (κ1) is 44.1. The predicted molar refractivity (Wildman–Crippen MR) is 242 cm³/mol. The van der Waals surface area contributed by atoms with Crippen molar-refractivity contribution in [2.45, 2.75) is 91.3 Å². The van der Waals surface area contributed by atoms with Gasteiger partial charge in [0.05, 0.1) is 23.2 Å². The van der Waals surface area contributed by atoms with Crippen LogP contribution < -0.4 is 14.8 Å². The molecule has 0 fully saturated rings. The number of rotatable bonds is 13. The van der Waals surface area contributed by atoms with Gasteiger partial charge >= 0.3 is 5.97 Å². The van der Waals surface area contributed by atoms with Crippen LogP contribution in [-0.2, 0) is 40.3 Å². The summed E-state index contributed by atoms with van der Waals surface area (Å²) in [5.74, 6) is 1.29. The predicted octanol–water partition coefficient (Wildman–Crippen LogP) is 10.1. The van der Waals surface area contributed by atoms with E-state index in [2.05, 4.69) is 91.2 Å². The molecule has 9 nitrogen and oxygen atoms in total. The molecule has 11 heteroatoms. The van der Waals surface area contributed by atoms with Crippen LogP contribution in [0.4, 0.5) is 0 Å². The van der Waals surface area contributed by atoms with Gasteiger partial charge in [0, 0.05) is 50.1 Å². The van der Waals surface area contributed by atoms with Crippen LogP contribution in [0.25, 0.3) is 11.1 Å². The zero-order valence-corrected chi connectivity index (χ0v) is 37.6. The van der Waals surface area contributed by atoms with Crippen molar-refractivity contribution in [3.63, 3.8) is 0 Å². The maximum Gasteiger partial charge on any atom is 0.328 e. The van der Waals surface area contributed by atoms with Crippen LogP contribution in [0.2, 0.25) is 10.0 Å². The van der Waals surface area contributed by atoms with Crippen molar-refractivity contribution in [3.05, 3.63) is 146 Å². The number of esters is 1. The van der Waals surface area contributed by atoms with E-state index < -0.39 is 18.1 Å². The molecule has 4 atom stereocenters. The number of hydrogen-bond acceptors (Lipinski definition) is 8. The molecule has 2 aliphatic rings. The minimum absolute atomic E-state index is 0.162. The maximum atomic E-state index is 14.3. The van der Waals surface area contributed by atoms with Crippen LogP contribution in [-0.4, -0.2) is 66.0 Å². The SMILES string of the molecule is CC[C@@H](Oc1ccc([C@H]2CN(C)Cc3cc4c(cc3O2)CN(CC(C)C)[C@H](C(=O)N[C@@H](Cc2ccc(-c3ccnc(C)c3C)cc2)C(=O)OC)C4)cc1)c1ccc(Cl)c(Cl)c1. The van der Waals surface area contributed by atoms with Crippen LogP contribution >= 0.6 is 23.2 Å².